The van der Waals surface area contributed by atoms with Gasteiger partial charge in [-0.15, -0.1) is 0 Å². The van der Waals surface area contributed by atoms with Crippen LogP contribution in [0.1, 0.15) is 27.7 Å². The maximum atomic E-state index is 11.1. The van der Waals surface area contributed by atoms with E-state index in [-0.39, 0.29) is 6.61 Å². The predicted molar refractivity (Wildman–Crippen MR) is 72.2 cm³/mol. The predicted octanol–water partition coefficient (Wildman–Crippen LogP) is 1.16. The van der Waals surface area contributed by atoms with Crippen molar-refractivity contribution in [2.24, 2.45) is 0 Å². The van der Waals surface area contributed by atoms with E-state index in [4.69, 9.17) is 23.7 Å². The van der Waals surface area contributed by atoms with Crippen molar-refractivity contribution < 1.29 is 33.3 Å². The molecular formula is C14H22O7. The molecular weight excluding hydrogens is 280 g/mol. The van der Waals surface area contributed by atoms with Gasteiger partial charge in [-0.1, -0.05) is 0 Å². The Bertz CT molecular complexity index is 380. The molecule has 0 bridgehead atoms. The van der Waals surface area contributed by atoms with E-state index in [2.05, 4.69) is 0 Å². The van der Waals surface area contributed by atoms with E-state index >= 15 is 0 Å². The highest BCUT2D eigenvalue weighted by Gasteiger charge is 2.31. The summed E-state index contributed by atoms with van der Waals surface area (Å²) in [5.74, 6) is -0.877. The average Bonchev–Trinajstić information content (AvgIpc) is 2.38. The molecule has 0 fully saturated rings. The van der Waals surface area contributed by atoms with Gasteiger partial charge < -0.3 is 23.7 Å². The molecule has 0 N–H and O–H groups in total. The summed E-state index contributed by atoms with van der Waals surface area (Å²) in [7, 11) is 0. The smallest absolute Gasteiger partial charge is 0.303 e. The van der Waals surface area contributed by atoms with Crippen molar-refractivity contribution in [1.29, 1.82) is 0 Å². The van der Waals surface area contributed by atoms with E-state index < -0.39 is 36.7 Å². The van der Waals surface area contributed by atoms with Gasteiger partial charge in [0.05, 0.1) is 0 Å². The highest BCUT2D eigenvalue weighted by atomic mass is 16.8. The van der Waals surface area contributed by atoms with Crippen LogP contribution in [0.3, 0.4) is 0 Å². The lowest BCUT2D eigenvalue weighted by Gasteiger charge is -2.32. The number of carbonyl (C=O) groups is 2. The lowest BCUT2D eigenvalue weighted by molar-refractivity contribution is -0.250. The SMILES string of the molecule is CCOC(C)O[C@H]1C=C[C@H](OC(C)=O)[C@@H](COC(C)=O)O1. The Labute approximate surface area is 124 Å². The van der Waals surface area contributed by atoms with Crippen LogP contribution in [-0.4, -0.2) is 49.9 Å². The van der Waals surface area contributed by atoms with Gasteiger partial charge in [0, 0.05) is 20.5 Å². The summed E-state index contributed by atoms with van der Waals surface area (Å²) >= 11 is 0. The van der Waals surface area contributed by atoms with Gasteiger partial charge in [-0.3, -0.25) is 9.59 Å². The van der Waals surface area contributed by atoms with Gasteiger partial charge in [-0.05, 0) is 26.0 Å². The van der Waals surface area contributed by atoms with Crippen LogP contribution in [0.25, 0.3) is 0 Å². The quantitative estimate of drug-likeness (QED) is 0.396. The third-order valence-electron chi connectivity index (χ3n) is 2.61. The number of esters is 2. The van der Waals surface area contributed by atoms with Crippen LogP contribution in [-0.2, 0) is 33.3 Å². The fraction of sp³-hybridized carbons (Fsp3) is 0.714. The van der Waals surface area contributed by atoms with Crippen molar-refractivity contribution in [2.45, 2.75) is 52.5 Å². The first kappa shape index (κ1) is 17.6. The zero-order chi connectivity index (χ0) is 15.8. The minimum atomic E-state index is -0.654. The lowest BCUT2D eigenvalue weighted by atomic mass is 10.1. The molecule has 7 heteroatoms. The first-order valence-electron chi connectivity index (χ1n) is 6.83. The molecule has 0 spiro atoms. The van der Waals surface area contributed by atoms with Crippen LogP contribution in [0.2, 0.25) is 0 Å². The van der Waals surface area contributed by atoms with Gasteiger partial charge in [-0.2, -0.15) is 0 Å². The van der Waals surface area contributed by atoms with Crippen molar-refractivity contribution in [3.8, 4) is 0 Å². The molecule has 120 valence electrons. The van der Waals surface area contributed by atoms with Crippen molar-refractivity contribution in [1.82, 2.24) is 0 Å². The molecule has 1 aliphatic rings. The van der Waals surface area contributed by atoms with Crippen molar-refractivity contribution >= 4 is 11.9 Å². The van der Waals surface area contributed by atoms with Crippen molar-refractivity contribution in [2.75, 3.05) is 13.2 Å². The Morgan fingerprint density at radius 3 is 2.52 bits per heavy atom. The molecule has 1 aliphatic heterocycles. The van der Waals surface area contributed by atoms with Gasteiger partial charge in [0.15, 0.2) is 12.6 Å². The Morgan fingerprint density at radius 1 is 1.24 bits per heavy atom. The summed E-state index contributed by atoms with van der Waals surface area (Å²) in [5.41, 5.74) is 0. The van der Waals surface area contributed by atoms with Crippen LogP contribution in [0, 0.1) is 0 Å². The Morgan fingerprint density at radius 2 is 1.95 bits per heavy atom. The van der Waals surface area contributed by atoms with Crippen molar-refractivity contribution in [3.63, 3.8) is 0 Å². The van der Waals surface area contributed by atoms with E-state index in [1.807, 2.05) is 6.92 Å². The summed E-state index contributed by atoms with van der Waals surface area (Å²) in [4.78, 5) is 22.0. The summed E-state index contributed by atoms with van der Waals surface area (Å²) in [6, 6.07) is 0. The number of ether oxygens (including phenoxy) is 5. The Balaban J connectivity index is 2.63. The number of hydrogen-bond donors (Lipinski definition) is 0. The van der Waals surface area contributed by atoms with E-state index in [0.717, 1.165) is 0 Å². The zero-order valence-corrected chi connectivity index (χ0v) is 12.7. The van der Waals surface area contributed by atoms with Crippen LogP contribution in [0.15, 0.2) is 12.2 Å². The monoisotopic (exact) mass is 302 g/mol. The fourth-order valence-electron chi connectivity index (χ4n) is 1.80. The minimum Gasteiger partial charge on any atom is -0.463 e. The van der Waals surface area contributed by atoms with Gasteiger partial charge in [0.2, 0.25) is 0 Å². The number of hydrogen-bond acceptors (Lipinski definition) is 7. The molecule has 0 aromatic rings. The van der Waals surface area contributed by atoms with Gasteiger partial charge in [0.25, 0.3) is 0 Å². The minimum absolute atomic E-state index is 0.0273. The van der Waals surface area contributed by atoms with E-state index in [1.54, 1.807) is 19.1 Å². The largest absolute Gasteiger partial charge is 0.463 e. The van der Waals surface area contributed by atoms with Crippen LogP contribution < -0.4 is 0 Å². The van der Waals surface area contributed by atoms with Gasteiger partial charge in [0.1, 0.15) is 18.8 Å². The molecule has 21 heavy (non-hydrogen) atoms. The molecule has 0 saturated heterocycles. The van der Waals surface area contributed by atoms with Crippen LogP contribution in [0.4, 0.5) is 0 Å². The first-order valence-corrected chi connectivity index (χ1v) is 6.83. The third kappa shape index (κ3) is 6.70. The highest BCUT2D eigenvalue weighted by Crippen LogP contribution is 2.19. The standard InChI is InChI=1S/C14H22O7/c1-5-17-11(4)20-14-7-6-12(19-10(3)16)13(21-14)8-18-9(2)15/h6-7,11-14H,5,8H2,1-4H3/t11?,12-,13+,14+/m0/s1. The second-order valence-electron chi connectivity index (χ2n) is 4.46. The second-order valence-corrected chi connectivity index (χ2v) is 4.46. The van der Waals surface area contributed by atoms with Crippen molar-refractivity contribution in [3.05, 3.63) is 12.2 Å². The lowest BCUT2D eigenvalue weighted by Crippen LogP contribution is -2.43. The molecule has 0 radical (unpaired) electrons. The van der Waals surface area contributed by atoms with Crippen LogP contribution >= 0.6 is 0 Å². The van der Waals surface area contributed by atoms with Crippen LogP contribution in [0.5, 0.6) is 0 Å². The Hall–Kier alpha value is -1.44. The normalized spacial score (nSPS) is 26.2. The molecule has 1 heterocycles. The molecule has 0 amide bonds. The zero-order valence-electron chi connectivity index (χ0n) is 12.7. The van der Waals surface area contributed by atoms with E-state index in [9.17, 15) is 9.59 Å². The molecule has 0 aromatic carbocycles. The Kier molecular flexibility index (Phi) is 7.35. The van der Waals surface area contributed by atoms with E-state index in [0.29, 0.717) is 6.61 Å². The molecule has 0 aromatic heterocycles. The van der Waals surface area contributed by atoms with E-state index in [1.165, 1.54) is 13.8 Å². The highest BCUT2D eigenvalue weighted by molar-refractivity contribution is 5.66. The third-order valence-corrected chi connectivity index (χ3v) is 2.61. The second kappa shape index (κ2) is 8.76. The maximum absolute atomic E-state index is 11.1. The number of rotatable bonds is 7. The average molecular weight is 302 g/mol. The molecule has 1 rings (SSSR count). The maximum Gasteiger partial charge on any atom is 0.303 e. The molecule has 0 saturated carbocycles. The topological polar surface area (TPSA) is 80.3 Å². The molecule has 4 atom stereocenters. The van der Waals surface area contributed by atoms with Gasteiger partial charge in [-0.25, -0.2) is 0 Å². The molecule has 1 unspecified atom stereocenters. The fourth-order valence-corrected chi connectivity index (χ4v) is 1.80. The van der Waals surface area contributed by atoms with Gasteiger partial charge >= 0.3 is 11.9 Å². The summed E-state index contributed by atoms with van der Waals surface area (Å²) in [6.45, 7) is 6.70. The molecule has 0 aliphatic carbocycles. The first-order chi connectivity index (χ1) is 9.92. The number of carbonyl (C=O) groups excluding carboxylic acids is 2. The molecule has 7 nitrogen and oxygen atoms in total. The summed E-state index contributed by atoms with van der Waals surface area (Å²) < 4.78 is 26.4. The summed E-state index contributed by atoms with van der Waals surface area (Å²) in [6.07, 6.45) is 0.949. The summed E-state index contributed by atoms with van der Waals surface area (Å²) in [5, 5.41) is 0.